The molecule has 2 nitrogen and oxygen atoms in total. The summed E-state index contributed by atoms with van der Waals surface area (Å²) in [6.45, 7) is 4.01. The second kappa shape index (κ2) is 4.72. The average Bonchev–Trinajstić information content (AvgIpc) is 2.73. The number of nitrogens with zero attached hydrogens (tertiary/aromatic N) is 2. The fraction of sp³-hybridized carbons (Fsp3) is 0.400. The second-order valence-corrected chi connectivity index (χ2v) is 6.30. The van der Waals surface area contributed by atoms with Crippen LogP contribution in [0.3, 0.4) is 0 Å². The molecule has 18 heavy (non-hydrogen) atoms. The minimum atomic E-state index is -0.409. The molecule has 1 heterocycles. The zero-order chi connectivity index (χ0) is 13.3. The molecular weight excluding hydrogens is 240 g/mol. The molecule has 0 spiro atoms. The van der Waals surface area contributed by atoms with Gasteiger partial charge in [-0.2, -0.15) is 5.26 Å². The van der Waals surface area contributed by atoms with Gasteiger partial charge in [-0.15, -0.1) is 11.3 Å². The number of benzene rings is 1. The van der Waals surface area contributed by atoms with Crippen molar-refractivity contribution in [2.75, 3.05) is 14.1 Å². The zero-order valence-corrected chi connectivity index (χ0v) is 12.1. The van der Waals surface area contributed by atoms with Gasteiger partial charge < -0.3 is 4.90 Å². The van der Waals surface area contributed by atoms with E-state index in [1.165, 1.54) is 15.6 Å². The molecule has 0 amide bonds. The summed E-state index contributed by atoms with van der Waals surface area (Å²) in [7, 11) is 4.08. The summed E-state index contributed by atoms with van der Waals surface area (Å²) in [5.74, 6) is 0. The van der Waals surface area contributed by atoms with Crippen LogP contribution in [0.15, 0.2) is 29.6 Å². The van der Waals surface area contributed by atoms with Gasteiger partial charge in [0.2, 0.25) is 0 Å². The van der Waals surface area contributed by atoms with E-state index >= 15 is 0 Å². The highest BCUT2D eigenvalue weighted by Crippen LogP contribution is 2.41. The minimum Gasteiger partial charge on any atom is -0.301 e. The highest BCUT2D eigenvalue weighted by Gasteiger charge is 2.34. The molecule has 1 atom stereocenters. The molecule has 1 unspecified atom stereocenters. The average molecular weight is 258 g/mol. The Labute approximate surface area is 112 Å². The van der Waals surface area contributed by atoms with Gasteiger partial charge in [-0.25, -0.2) is 0 Å². The molecule has 0 N–H and O–H groups in total. The Balaban J connectivity index is 2.60. The molecule has 0 bridgehead atoms. The van der Waals surface area contributed by atoms with Gasteiger partial charge in [0.05, 0.1) is 17.5 Å². The van der Waals surface area contributed by atoms with Crippen molar-refractivity contribution in [3.63, 3.8) is 0 Å². The quantitative estimate of drug-likeness (QED) is 0.830. The van der Waals surface area contributed by atoms with Crippen LogP contribution in [0.1, 0.15) is 25.5 Å². The molecule has 94 valence electrons. The first-order valence-electron chi connectivity index (χ1n) is 6.01. The molecule has 2 rings (SSSR count). The summed E-state index contributed by atoms with van der Waals surface area (Å²) in [5, 5.41) is 12.9. The van der Waals surface area contributed by atoms with E-state index in [1.54, 1.807) is 11.3 Å². The molecule has 2 aromatic rings. The largest absolute Gasteiger partial charge is 0.301 e. The van der Waals surface area contributed by atoms with E-state index < -0.39 is 5.41 Å². The molecule has 0 aliphatic rings. The van der Waals surface area contributed by atoms with Gasteiger partial charge in [0.15, 0.2) is 0 Å². The molecule has 0 saturated carbocycles. The van der Waals surface area contributed by atoms with E-state index in [0.717, 1.165) is 0 Å². The lowest BCUT2D eigenvalue weighted by molar-refractivity contribution is 0.187. The van der Waals surface area contributed by atoms with Crippen molar-refractivity contribution in [1.82, 2.24) is 4.90 Å². The van der Waals surface area contributed by atoms with Gasteiger partial charge >= 0.3 is 0 Å². The highest BCUT2D eigenvalue weighted by atomic mass is 32.1. The zero-order valence-electron chi connectivity index (χ0n) is 11.3. The Kier molecular flexibility index (Phi) is 3.43. The highest BCUT2D eigenvalue weighted by molar-refractivity contribution is 7.17. The maximum absolute atomic E-state index is 9.41. The van der Waals surface area contributed by atoms with Crippen LogP contribution < -0.4 is 0 Å². The van der Waals surface area contributed by atoms with E-state index in [0.29, 0.717) is 0 Å². The van der Waals surface area contributed by atoms with Gasteiger partial charge in [-0.05, 0) is 50.3 Å². The second-order valence-electron chi connectivity index (χ2n) is 5.39. The van der Waals surface area contributed by atoms with Crippen LogP contribution in [0.4, 0.5) is 0 Å². The lowest BCUT2D eigenvalue weighted by atomic mass is 9.81. The molecule has 0 aliphatic carbocycles. The van der Waals surface area contributed by atoms with Crippen LogP contribution >= 0.6 is 11.3 Å². The fourth-order valence-corrected chi connectivity index (χ4v) is 3.56. The van der Waals surface area contributed by atoms with Gasteiger partial charge in [-0.1, -0.05) is 18.2 Å². The maximum Gasteiger partial charge on any atom is 0.0714 e. The summed E-state index contributed by atoms with van der Waals surface area (Å²) in [6.07, 6.45) is 0. The van der Waals surface area contributed by atoms with Crippen molar-refractivity contribution in [3.05, 3.63) is 35.2 Å². The first-order chi connectivity index (χ1) is 8.47. The lowest BCUT2D eigenvalue weighted by Crippen LogP contribution is -2.32. The summed E-state index contributed by atoms with van der Waals surface area (Å²) in [4.78, 5) is 2.14. The van der Waals surface area contributed by atoms with Gasteiger partial charge in [-0.3, -0.25) is 0 Å². The van der Waals surface area contributed by atoms with Crippen molar-refractivity contribution in [2.24, 2.45) is 5.41 Å². The number of hydrogen-bond acceptors (Lipinski definition) is 3. The number of thiophene rings is 1. The molecule has 3 heteroatoms. The maximum atomic E-state index is 9.41. The molecule has 0 saturated heterocycles. The lowest BCUT2D eigenvalue weighted by Gasteiger charge is -2.33. The number of hydrogen-bond donors (Lipinski definition) is 0. The topological polar surface area (TPSA) is 27.0 Å². The summed E-state index contributed by atoms with van der Waals surface area (Å²) < 4.78 is 1.29. The number of rotatable bonds is 3. The Bertz CT molecular complexity index is 590. The number of nitriles is 1. The third-order valence-corrected chi connectivity index (χ3v) is 4.28. The van der Waals surface area contributed by atoms with Crippen LogP contribution in [-0.4, -0.2) is 19.0 Å². The molecule has 0 aliphatic heterocycles. The minimum absolute atomic E-state index is 0.110. The Hall–Kier alpha value is -1.37. The van der Waals surface area contributed by atoms with Crippen LogP contribution in [0.5, 0.6) is 0 Å². The predicted molar refractivity (Wildman–Crippen MR) is 77.6 cm³/mol. The van der Waals surface area contributed by atoms with Crippen molar-refractivity contribution in [3.8, 4) is 6.07 Å². The summed E-state index contributed by atoms with van der Waals surface area (Å²) in [6, 6.07) is 10.9. The first kappa shape index (κ1) is 13.1. The predicted octanol–water partition coefficient (Wildman–Crippen LogP) is 4.05. The standard InChI is InChI=1S/C15H18N2S/c1-15(2,10-16)14(17(3)4)12-9-18-13-8-6-5-7-11(12)13/h5-9,14H,1-4H3. The van der Waals surface area contributed by atoms with Crippen LogP contribution in [0, 0.1) is 16.7 Å². The molecule has 1 aromatic carbocycles. The van der Waals surface area contributed by atoms with Crippen LogP contribution in [0.2, 0.25) is 0 Å². The van der Waals surface area contributed by atoms with Crippen molar-refractivity contribution >= 4 is 21.4 Å². The van der Waals surface area contributed by atoms with E-state index in [4.69, 9.17) is 0 Å². The van der Waals surface area contributed by atoms with E-state index in [2.05, 4.69) is 40.6 Å². The Morgan fingerprint density at radius 2 is 1.94 bits per heavy atom. The Morgan fingerprint density at radius 1 is 1.28 bits per heavy atom. The third kappa shape index (κ3) is 2.14. The molecule has 0 radical (unpaired) electrons. The van der Waals surface area contributed by atoms with E-state index in [-0.39, 0.29) is 6.04 Å². The molecule has 0 fully saturated rings. The SMILES string of the molecule is CN(C)C(c1csc2ccccc12)C(C)(C)C#N. The third-order valence-electron chi connectivity index (χ3n) is 3.29. The normalized spacial score (nSPS) is 13.8. The van der Waals surface area contributed by atoms with E-state index in [1.807, 2.05) is 27.9 Å². The monoisotopic (exact) mass is 258 g/mol. The number of fused-ring (bicyclic) bond motifs is 1. The van der Waals surface area contributed by atoms with Crippen LogP contribution in [-0.2, 0) is 0 Å². The smallest absolute Gasteiger partial charge is 0.0714 e. The molecule has 1 aromatic heterocycles. The van der Waals surface area contributed by atoms with Crippen LogP contribution in [0.25, 0.3) is 10.1 Å². The van der Waals surface area contributed by atoms with Gasteiger partial charge in [0.25, 0.3) is 0 Å². The van der Waals surface area contributed by atoms with Crippen molar-refractivity contribution in [1.29, 1.82) is 5.26 Å². The molecular formula is C15H18N2S. The van der Waals surface area contributed by atoms with Crippen molar-refractivity contribution in [2.45, 2.75) is 19.9 Å². The summed E-state index contributed by atoms with van der Waals surface area (Å²) in [5.41, 5.74) is 0.847. The fourth-order valence-electron chi connectivity index (χ4n) is 2.58. The van der Waals surface area contributed by atoms with Gasteiger partial charge in [0, 0.05) is 4.70 Å². The first-order valence-corrected chi connectivity index (χ1v) is 6.89. The van der Waals surface area contributed by atoms with E-state index in [9.17, 15) is 5.26 Å². The summed E-state index contributed by atoms with van der Waals surface area (Å²) >= 11 is 1.75. The Morgan fingerprint density at radius 3 is 2.56 bits per heavy atom. The van der Waals surface area contributed by atoms with Crippen molar-refractivity contribution < 1.29 is 0 Å². The van der Waals surface area contributed by atoms with Gasteiger partial charge in [0.1, 0.15) is 0 Å².